The van der Waals surface area contributed by atoms with Crippen molar-refractivity contribution in [1.82, 2.24) is 4.72 Å². The Morgan fingerprint density at radius 1 is 0.963 bits per heavy atom. The number of rotatable bonds is 10. The highest BCUT2D eigenvalue weighted by Gasteiger charge is 2.12. The lowest BCUT2D eigenvalue weighted by Gasteiger charge is -2.08. The van der Waals surface area contributed by atoms with E-state index in [1.165, 1.54) is 0 Å². The van der Waals surface area contributed by atoms with E-state index in [9.17, 15) is 13.2 Å². The second kappa shape index (κ2) is 10.1. The van der Waals surface area contributed by atoms with E-state index in [1.54, 1.807) is 55.6 Å². The zero-order chi connectivity index (χ0) is 19.7. The Hall–Kier alpha value is -2.38. The first kappa shape index (κ1) is 20.9. The first-order chi connectivity index (χ1) is 12.9. The smallest absolute Gasteiger partial charge is 0.240 e. The van der Waals surface area contributed by atoms with Crippen LogP contribution in [0.1, 0.15) is 31.2 Å². The molecule has 2 aromatic carbocycles. The Morgan fingerprint density at radius 2 is 1.63 bits per heavy atom. The van der Waals surface area contributed by atoms with E-state index in [0.29, 0.717) is 25.8 Å². The highest BCUT2D eigenvalue weighted by molar-refractivity contribution is 7.89. The third kappa shape index (κ3) is 7.03. The normalized spacial score (nSPS) is 11.2. The third-order valence-electron chi connectivity index (χ3n) is 4.08. The quantitative estimate of drug-likeness (QED) is 0.608. The molecule has 27 heavy (non-hydrogen) atoms. The SMILES string of the molecule is COc1ccc(NC(=O)CCCCCNS(=O)(=O)c2ccc(C)cc2)cc1. The van der Waals surface area contributed by atoms with E-state index in [4.69, 9.17) is 4.74 Å². The molecule has 0 saturated carbocycles. The molecule has 0 spiro atoms. The van der Waals surface area contributed by atoms with Crippen LogP contribution in [-0.2, 0) is 14.8 Å². The molecule has 2 N–H and O–H groups in total. The van der Waals surface area contributed by atoms with E-state index in [1.807, 2.05) is 6.92 Å². The largest absolute Gasteiger partial charge is 0.497 e. The molecule has 0 aromatic heterocycles. The van der Waals surface area contributed by atoms with Crippen molar-refractivity contribution in [3.8, 4) is 5.75 Å². The Kier molecular flexibility index (Phi) is 7.82. The maximum absolute atomic E-state index is 12.1. The number of anilines is 1. The molecular formula is C20H26N2O4S. The van der Waals surface area contributed by atoms with Gasteiger partial charge >= 0.3 is 0 Å². The lowest BCUT2D eigenvalue weighted by Crippen LogP contribution is -2.24. The summed E-state index contributed by atoms with van der Waals surface area (Å²) in [5.74, 6) is 0.682. The summed E-state index contributed by atoms with van der Waals surface area (Å²) in [5, 5.41) is 2.83. The third-order valence-corrected chi connectivity index (χ3v) is 5.55. The van der Waals surface area contributed by atoms with Crippen LogP contribution in [0.3, 0.4) is 0 Å². The number of carbonyl (C=O) groups is 1. The molecule has 2 rings (SSSR count). The number of ether oxygens (including phenoxy) is 1. The highest BCUT2D eigenvalue weighted by atomic mass is 32.2. The minimum Gasteiger partial charge on any atom is -0.497 e. The number of sulfonamides is 1. The molecule has 2 aromatic rings. The summed E-state index contributed by atoms with van der Waals surface area (Å²) >= 11 is 0. The van der Waals surface area contributed by atoms with Gasteiger partial charge in [0.15, 0.2) is 0 Å². The molecule has 0 aliphatic rings. The molecule has 0 radical (unpaired) electrons. The van der Waals surface area contributed by atoms with E-state index in [2.05, 4.69) is 10.0 Å². The first-order valence-electron chi connectivity index (χ1n) is 8.91. The minimum atomic E-state index is -3.47. The van der Waals surface area contributed by atoms with Crippen molar-refractivity contribution in [3.05, 3.63) is 54.1 Å². The highest BCUT2D eigenvalue weighted by Crippen LogP contribution is 2.15. The van der Waals surface area contributed by atoms with Gasteiger partial charge in [-0.3, -0.25) is 4.79 Å². The van der Waals surface area contributed by atoms with Crippen LogP contribution >= 0.6 is 0 Å². The van der Waals surface area contributed by atoms with Crippen LogP contribution in [0.5, 0.6) is 5.75 Å². The topological polar surface area (TPSA) is 84.5 Å². The van der Waals surface area contributed by atoms with Crippen molar-refractivity contribution in [3.63, 3.8) is 0 Å². The summed E-state index contributed by atoms with van der Waals surface area (Å²) in [6.07, 6.45) is 2.55. The van der Waals surface area contributed by atoms with Gasteiger partial charge in [-0.05, 0) is 56.2 Å². The van der Waals surface area contributed by atoms with Gasteiger partial charge in [0.05, 0.1) is 12.0 Å². The molecule has 0 saturated heterocycles. The summed E-state index contributed by atoms with van der Waals surface area (Å²) in [5.41, 5.74) is 1.74. The Morgan fingerprint density at radius 3 is 2.26 bits per heavy atom. The number of benzene rings is 2. The van der Waals surface area contributed by atoms with Crippen molar-refractivity contribution in [2.45, 2.75) is 37.5 Å². The molecule has 0 aliphatic heterocycles. The number of aryl methyl sites for hydroxylation is 1. The van der Waals surface area contributed by atoms with E-state index in [0.717, 1.165) is 23.4 Å². The Balaban J connectivity index is 1.63. The van der Waals surface area contributed by atoms with Gasteiger partial charge in [0, 0.05) is 18.7 Å². The fourth-order valence-corrected chi connectivity index (χ4v) is 3.57. The number of hydrogen-bond acceptors (Lipinski definition) is 4. The van der Waals surface area contributed by atoms with Gasteiger partial charge < -0.3 is 10.1 Å². The molecule has 146 valence electrons. The molecule has 0 unspecified atom stereocenters. The zero-order valence-electron chi connectivity index (χ0n) is 15.7. The lowest BCUT2D eigenvalue weighted by atomic mass is 10.2. The van der Waals surface area contributed by atoms with Crippen LogP contribution in [0.4, 0.5) is 5.69 Å². The predicted octanol–water partition coefficient (Wildman–Crippen LogP) is 3.48. The van der Waals surface area contributed by atoms with Gasteiger partial charge in [0.2, 0.25) is 15.9 Å². The monoisotopic (exact) mass is 390 g/mol. The summed E-state index contributed by atoms with van der Waals surface area (Å²) in [7, 11) is -1.87. The van der Waals surface area contributed by atoms with Gasteiger partial charge in [0.25, 0.3) is 0 Å². The molecule has 7 heteroatoms. The van der Waals surface area contributed by atoms with Crippen molar-refractivity contribution in [1.29, 1.82) is 0 Å². The van der Waals surface area contributed by atoms with Gasteiger partial charge in [0.1, 0.15) is 5.75 Å². The molecule has 6 nitrogen and oxygen atoms in total. The van der Waals surface area contributed by atoms with Gasteiger partial charge in [-0.2, -0.15) is 0 Å². The molecular weight excluding hydrogens is 364 g/mol. The van der Waals surface area contributed by atoms with Crippen molar-refractivity contribution >= 4 is 21.6 Å². The standard InChI is InChI=1S/C20H26N2O4S/c1-16-7-13-19(14-8-16)27(24,25)21-15-5-3-4-6-20(23)22-17-9-11-18(26-2)12-10-17/h7-14,21H,3-6,15H2,1-2H3,(H,22,23). The average molecular weight is 391 g/mol. The number of carbonyl (C=O) groups excluding carboxylic acids is 1. The van der Waals surface area contributed by atoms with E-state index >= 15 is 0 Å². The molecule has 0 atom stereocenters. The van der Waals surface area contributed by atoms with Crippen molar-refractivity contribution in [2.75, 3.05) is 19.0 Å². The summed E-state index contributed by atoms with van der Waals surface area (Å²) in [6, 6.07) is 13.9. The number of unbranched alkanes of at least 4 members (excludes halogenated alkanes) is 2. The number of hydrogen-bond donors (Lipinski definition) is 2. The van der Waals surface area contributed by atoms with Crippen LogP contribution in [0, 0.1) is 6.92 Å². The molecule has 0 fully saturated rings. The van der Waals surface area contributed by atoms with Gasteiger partial charge in [-0.1, -0.05) is 24.1 Å². The fraction of sp³-hybridized carbons (Fsp3) is 0.350. The van der Waals surface area contributed by atoms with Crippen LogP contribution in [0.2, 0.25) is 0 Å². The number of methoxy groups -OCH3 is 1. The Bertz CT molecular complexity index is 831. The number of nitrogens with one attached hydrogen (secondary N) is 2. The van der Waals surface area contributed by atoms with Crippen LogP contribution in [0.25, 0.3) is 0 Å². The summed E-state index contributed by atoms with van der Waals surface area (Å²) in [4.78, 5) is 12.2. The lowest BCUT2D eigenvalue weighted by molar-refractivity contribution is -0.116. The maximum atomic E-state index is 12.1. The fourth-order valence-electron chi connectivity index (χ4n) is 2.49. The minimum absolute atomic E-state index is 0.0552. The average Bonchev–Trinajstić information content (AvgIpc) is 2.65. The molecule has 0 aliphatic carbocycles. The van der Waals surface area contributed by atoms with Crippen molar-refractivity contribution in [2.24, 2.45) is 0 Å². The maximum Gasteiger partial charge on any atom is 0.240 e. The first-order valence-corrected chi connectivity index (χ1v) is 10.4. The van der Waals surface area contributed by atoms with Gasteiger partial charge in [-0.15, -0.1) is 0 Å². The van der Waals surface area contributed by atoms with Crippen LogP contribution < -0.4 is 14.8 Å². The Labute approximate surface area is 161 Å². The molecule has 0 bridgehead atoms. The van der Waals surface area contributed by atoms with E-state index in [-0.39, 0.29) is 10.8 Å². The summed E-state index contributed by atoms with van der Waals surface area (Å²) < 4.78 is 32.0. The van der Waals surface area contributed by atoms with Gasteiger partial charge in [-0.25, -0.2) is 13.1 Å². The van der Waals surface area contributed by atoms with Crippen LogP contribution in [0.15, 0.2) is 53.4 Å². The zero-order valence-corrected chi connectivity index (χ0v) is 16.5. The number of amides is 1. The van der Waals surface area contributed by atoms with E-state index < -0.39 is 10.0 Å². The second-order valence-corrected chi connectivity index (χ2v) is 8.07. The summed E-state index contributed by atoms with van der Waals surface area (Å²) in [6.45, 7) is 2.27. The van der Waals surface area contributed by atoms with Crippen LogP contribution in [-0.4, -0.2) is 28.0 Å². The predicted molar refractivity (Wildman–Crippen MR) is 106 cm³/mol. The molecule has 1 amide bonds. The second-order valence-electron chi connectivity index (χ2n) is 6.30. The molecule has 0 heterocycles. The van der Waals surface area contributed by atoms with Crippen molar-refractivity contribution < 1.29 is 17.9 Å².